The molecule has 0 saturated heterocycles. The van der Waals surface area contributed by atoms with Crippen molar-refractivity contribution in [3.63, 3.8) is 0 Å². The first-order valence-electron chi connectivity index (χ1n) is 23.2. The predicted octanol–water partition coefficient (Wildman–Crippen LogP) is 11.8. The Morgan fingerprint density at radius 2 is 0.750 bits per heavy atom. The van der Waals surface area contributed by atoms with Crippen LogP contribution >= 0.6 is 23.5 Å². The standard InChI is InChI=1S/C54H42F2N10O4S2/c1-3-5-27-57-49-61-51(65-53(63-49)71-31-19-15-29(55)16-20-31)59-39-25-23-33(41-43(39)47(69)37-13-9-7-11-35(37)45(41)67)34-24-26-40(44-42(34)46(68)36-12-8-10-14-38(36)48(44)70)60-52-62-50(58-28-6-4-2)64-54(66-52)72-32-21-17-30(56)18-22-32/h7-26H,3-6,27-28H2,1-2H3,(H2,57,59,61,63,65)(H2,58,60,62,64,66). The summed E-state index contributed by atoms with van der Waals surface area (Å²) in [4.78, 5) is 88.8. The highest BCUT2D eigenvalue weighted by Gasteiger charge is 2.39. The SMILES string of the molecule is CCCCNc1nc(Nc2ccc(-c3ccc(Nc4nc(NCCCC)nc(Sc5ccc(F)cc5)n4)c4c3C(=O)c3ccccc3C4=O)c3c2C(=O)c2ccccc2C3=O)nc(Sc2ccc(F)cc2)n1. The van der Waals surface area contributed by atoms with E-state index in [1.54, 1.807) is 97.1 Å². The quantitative estimate of drug-likeness (QED) is 0.0629. The lowest BCUT2D eigenvalue weighted by molar-refractivity contribution is 0.0978. The molecule has 0 fully saturated rings. The Labute approximate surface area is 420 Å². The maximum Gasteiger partial charge on any atom is 0.233 e. The number of benzene rings is 6. The van der Waals surface area contributed by atoms with Gasteiger partial charge in [0.1, 0.15) is 11.6 Å². The highest BCUT2D eigenvalue weighted by Crippen LogP contribution is 2.45. The number of hydrogen-bond acceptors (Lipinski definition) is 16. The van der Waals surface area contributed by atoms with Crippen LogP contribution in [0.15, 0.2) is 141 Å². The van der Waals surface area contributed by atoms with Gasteiger partial charge in [-0.1, -0.05) is 87.4 Å². The van der Waals surface area contributed by atoms with Crippen LogP contribution in [0.2, 0.25) is 0 Å². The van der Waals surface area contributed by atoms with Gasteiger partial charge < -0.3 is 21.3 Å². The minimum Gasteiger partial charge on any atom is -0.354 e. The van der Waals surface area contributed by atoms with Gasteiger partial charge in [0, 0.05) is 56.3 Å². The van der Waals surface area contributed by atoms with Crippen LogP contribution < -0.4 is 21.3 Å². The molecule has 2 aliphatic carbocycles. The number of nitrogens with zero attached hydrogens (tertiary/aromatic N) is 6. The third kappa shape index (κ3) is 9.65. The molecule has 0 unspecified atom stereocenters. The summed E-state index contributed by atoms with van der Waals surface area (Å²) < 4.78 is 27.7. The second-order valence-electron chi connectivity index (χ2n) is 16.7. The Bertz CT molecular complexity index is 3240. The molecular weight excluding hydrogens is 955 g/mol. The minimum absolute atomic E-state index is 0.00435. The van der Waals surface area contributed by atoms with E-state index in [1.807, 2.05) is 0 Å². The van der Waals surface area contributed by atoms with Gasteiger partial charge in [-0.3, -0.25) is 19.2 Å². The zero-order chi connectivity index (χ0) is 49.9. The van der Waals surface area contributed by atoms with E-state index in [4.69, 9.17) is 0 Å². The molecule has 2 heterocycles. The Balaban J connectivity index is 1.11. The van der Waals surface area contributed by atoms with Crippen LogP contribution in [0, 0.1) is 11.6 Å². The van der Waals surface area contributed by atoms with Gasteiger partial charge in [0.15, 0.2) is 33.4 Å². The van der Waals surface area contributed by atoms with Gasteiger partial charge in [0.25, 0.3) is 0 Å². The summed E-state index contributed by atoms with van der Waals surface area (Å²) in [5.74, 6) is -2.01. The molecule has 0 saturated carbocycles. The smallest absolute Gasteiger partial charge is 0.233 e. The van der Waals surface area contributed by atoms with Crippen LogP contribution in [0.5, 0.6) is 0 Å². The normalized spacial score (nSPS) is 12.4. The number of anilines is 6. The van der Waals surface area contributed by atoms with Crippen molar-refractivity contribution in [2.45, 2.75) is 59.6 Å². The summed E-state index contributed by atoms with van der Waals surface area (Å²) in [5, 5.41) is 13.4. The maximum atomic E-state index is 15.0. The minimum atomic E-state index is -0.477. The predicted molar refractivity (Wildman–Crippen MR) is 273 cm³/mol. The molecule has 0 aliphatic heterocycles. The van der Waals surface area contributed by atoms with Crippen molar-refractivity contribution in [1.82, 2.24) is 29.9 Å². The molecule has 2 aliphatic rings. The molecule has 72 heavy (non-hydrogen) atoms. The summed E-state index contributed by atoms with van der Waals surface area (Å²) in [6, 6.07) is 31.3. The Morgan fingerprint density at radius 1 is 0.403 bits per heavy atom. The van der Waals surface area contributed by atoms with Gasteiger partial charge in [-0.05, 0) is 108 Å². The number of halogens is 2. The van der Waals surface area contributed by atoms with E-state index in [0.717, 1.165) is 25.7 Å². The summed E-state index contributed by atoms with van der Waals surface area (Å²) >= 11 is 2.38. The zero-order valence-electron chi connectivity index (χ0n) is 38.7. The molecule has 4 N–H and O–H groups in total. The lowest BCUT2D eigenvalue weighted by Crippen LogP contribution is -2.25. The number of ketones is 4. The van der Waals surface area contributed by atoms with Crippen molar-refractivity contribution < 1.29 is 28.0 Å². The fourth-order valence-corrected chi connectivity index (χ4v) is 9.88. The number of carbonyl (C=O) groups excluding carboxylic acids is 4. The third-order valence-electron chi connectivity index (χ3n) is 11.8. The van der Waals surface area contributed by atoms with E-state index in [-0.39, 0.29) is 113 Å². The van der Waals surface area contributed by atoms with Gasteiger partial charge in [-0.15, -0.1) is 0 Å². The molecule has 0 spiro atoms. The fraction of sp³-hybridized carbons (Fsp3) is 0.148. The number of carbonyl (C=O) groups is 4. The largest absolute Gasteiger partial charge is 0.354 e. The fourth-order valence-electron chi connectivity index (χ4n) is 8.39. The molecule has 2 aromatic heterocycles. The number of nitrogens with one attached hydrogen (secondary N) is 4. The van der Waals surface area contributed by atoms with Gasteiger partial charge in [0.05, 0.1) is 22.5 Å². The van der Waals surface area contributed by atoms with Gasteiger partial charge in [0.2, 0.25) is 23.8 Å². The first-order chi connectivity index (χ1) is 35.1. The van der Waals surface area contributed by atoms with Gasteiger partial charge >= 0.3 is 0 Å². The Kier molecular flexibility index (Phi) is 13.6. The molecule has 358 valence electrons. The van der Waals surface area contributed by atoms with Gasteiger partial charge in [-0.2, -0.15) is 29.9 Å². The highest BCUT2D eigenvalue weighted by molar-refractivity contribution is 7.99. The molecular formula is C54H42F2N10O4S2. The summed E-state index contributed by atoms with van der Waals surface area (Å²) in [7, 11) is 0. The number of fused-ring (bicyclic) bond motifs is 4. The van der Waals surface area contributed by atoms with Crippen LogP contribution in [0.25, 0.3) is 11.1 Å². The van der Waals surface area contributed by atoms with Crippen molar-refractivity contribution in [1.29, 1.82) is 0 Å². The molecule has 6 aromatic carbocycles. The first kappa shape index (κ1) is 47.5. The number of aromatic nitrogens is 6. The monoisotopic (exact) mass is 996 g/mol. The average molecular weight is 997 g/mol. The van der Waals surface area contributed by atoms with Crippen molar-refractivity contribution in [2.24, 2.45) is 0 Å². The van der Waals surface area contributed by atoms with Crippen LogP contribution in [0.4, 0.5) is 43.9 Å². The highest BCUT2D eigenvalue weighted by atomic mass is 32.2. The summed E-state index contributed by atoms with van der Waals surface area (Å²) in [6.45, 7) is 5.26. The maximum absolute atomic E-state index is 15.0. The Hall–Kier alpha value is -8.22. The van der Waals surface area contributed by atoms with E-state index in [2.05, 4.69) is 65.0 Å². The molecule has 18 heteroatoms. The van der Waals surface area contributed by atoms with E-state index in [9.17, 15) is 28.0 Å². The molecule has 10 rings (SSSR count). The number of hydrogen-bond donors (Lipinski definition) is 4. The van der Waals surface area contributed by atoms with Crippen molar-refractivity contribution in [2.75, 3.05) is 34.4 Å². The molecule has 8 aromatic rings. The Morgan fingerprint density at radius 3 is 1.11 bits per heavy atom. The zero-order valence-corrected chi connectivity index (χ0v) is 40.3. The van der Waals surface area contributed by atoms with Crippen molar-refractivity contribution in [3.8, 4) is 11.1 Å². The molecule has 0 bridgehead atoms. The van der Waals surface area contributed by atoms with E-state index < -0.39 is 23.1 Å². The second kappa shape index (κ2) is 20.6. The lowest BCUT2D eigenvalue weighted by Gasteiger charge is -2.26. The van der Waals surface area contributed by atoms with E-state index >= 15 is 0 Å². The third-order valence-corrected chi connectivity index (χ3v) is 13.6. The van der Waals surface area contributed by atoms with Crippen LogP contribution in [-0.2, 0) is 0 Å². The van der Waals surface area contributed by atoms with Crippen LogP contribution in [0.1, 0.15) is 103 Å². The van der Waals surface area contributed by atoms with Crippen LogP contribution in [0.3, 0.4) is 0 Å². The van der Waals surface area contributed by atoms with Crippen LogP contribution in [-0.4, -0.2) is 66.1 Å². The number of rotatable bonds is 17. The summed E-state index contributed by atoms with van der Waals surface area (Å²) in [6.07, 6.45) is 3.52. The topological polar surface area (TPSA) is 194 Å². The summed E-state index contributed by atoms with van der Waals surface area (Å²) in [5.41, 5.74) is 1.60. The van der Waals surface area contributed by atoms with E-state index in [0.29, 0.717) is 22.9 Å². The van der Waals surface area contributed by atoms with Crippen molar-refractivity contribution >= 4 is 81.8 Å². The molecule has 0 amide bonds. The second-order valence-corrected chi connectivity index (χ2v) is 18.8. The molecule has 0 atom stereocenters. The molecule has 14 nitrogen and oxygen atoms in total. The lowest BCUT2D eigenvalue weighted by atomic mass is 9.75. The van der Waals surface area contributed by atoms with E-state index in [1.165, 1.54) is 47.8 Å². The molecule has 0 radical (unpaired) electrons. The number of unbranched alkanes of at least 4 members (excludes halogenated alkanes) is 2. The van der Waals surface area contributed by atoms with Crippen molar-refractivity contribution in [3.05, 3.63) is 177 Å². The average Bonchev–Trinajstić information content (AvgIpc) is 3.38. The first-order valence-corrected chi connectivity index (χ1v) is 24.8. The van der Waals surface area contributed by atoms with Gasteiger partial charge in [-0.25, -0.2) is 8.78 Å².